The van der Waals surface area contributed by atoms with Crippen molar-refractivity contribution in [3.63, 3.8) is 0 Å². The Bertz CT molecular complexity index is 1000. The predicted molar refractivity (Wildman–Crippen MR) is 103 cm³/mol. The molecule has 0 radical (unpaired) electrons. The molecule has 3 aromatic rings. The zero-order chi connectivity index (χ0) is 19.2. The summed E-state index contributed by atoms with van der Waals surface area (Å²) < 4.78 is 14.8. The molecule has 0 fully saturated rings. The number of halogens is 1. The summed E-state index contributed by atoms with van der Waals surface area (Å²) in [5.41, 5.74) is 2.27. The van der Waals surface area contributed by atoms with Crippen LogP contribution in [0.25, 0.3) is 0 Å². The molecule has 2 amide bonds. The number of urea groups is 1. The van der Waals surface area contributed by atoms with Crippen LogP contribution in [-0.2, 0) is 13.1 Å². The second kappa shape index (κ2) is 8.31. The van der Waals surface area contributed by atoms with Crippen LogP contribution in [0.3, 0.4) is 0 Å². The minimum absolute atomic E-state index is 0.178. The number of aryl methyl sites for hydroxylation is 1. The topological polar surface area (TPSA) is 63.1 Å². The number of anilines is 1. The molecule has 0 saturated heterocycles. The zero-order valence-electron chi connectivity index (χ0n) is 14.9. The van der Waals surface area contributed by atoms with Gasteiger partial charge in [0.15, 0.2) is 0 Å². The minimum atomic E-state index is -0.459. The predicted octanol–water partition coefficient (Wildman–Crippen LogP) is 3.67. The van der Waals surface area contributed by atoms with E-state index in [9.17, 15) is 14.0 Å². The average Bonchev–Trinajstić information content (AvgIpc) is 2.65. The Kier molecular flexibility index (Phi) is 5.66. The van der Waals surface area contributed by atoms with Crippen molar-refractivity contribution in [1.29, 1.82) is 0 Å². The van der Waals surface area contributed by atoms with Crippen molar-refractivity contribution in [1.82, 2.24) is 9.88 Å². The van der Waals surface area contributed by atoms with Gasteiger partial charge in [0.1, 0.15) is 11.5 Å². The van der Waals surface area contributed by atoms with E-state index in [2.05, 4.69) is 10.6 Å². The van der Waals surface area contributed by atoms with Gasteiger partial charge in [0.2, 0.25) is 0 Å². The van der Waals surface area contributed by atoms with Crippen LogP contribution < -0.4 is 16.2 Å². The van der Waals surface area contributed by atoms with Gasteiger partial charge in [0.05, 0.1) is 6.54 Å². The molecule has 0 atom stereocenters. The number of nitrogens with one attached hydrogen (secondary N) is 2. The number of hydrogen-bond donors (Lipinski definition) is 2. The molecule has 0 unspecified atom stereocenters. The number of benzene rings is 2. The van der Waals surface area contributed by atoms with Crippen LogP contribution in [0, 0.1) is 12.7 Å². The molecule has 1 aromatic heterocycles. The highest BCUT2D eigenvalue weighted by Gasteiger charge is 2.10. The van der Waals surface area contributed by atoms with E-state index in [1.807, 2.05) is 37.3 Å². The molecule has 5 nitrogen and oxygen atoms in total. The summed E-state index contributed by atoms with van der Waals surface area (Å²) in [7, 11) is 0. The summed E-state index contributed by atoms with van der Waals surface area (Å²) >= 11 is 0. The van der Waals surface area contributed by atoms with Gasteiger partial charge in [0, 0.05) is 12.7 Å². The highest BCUT2D eigenvalue weighted by atomic mass is 19.1. The summed E-state index contributed by atoms with van der Waals surface area (Å²) in [4.78, 5) is 24.8. The third-order valence-corrected chi connectivity index (χ3v) is 4.01. The molecule has 27 heavy (non-hydrogen) atoms. The Labute approximate surface area is 156 Å². The summed E-state index contributed by atoms with van der Waals surface area (Å²) in [5.74, 6) is -0.355. The lowest BCUT2D eigenvalue weighted by Gasteiger charge is -2.12. The number of carbonyl (C=O) groups is 1. The number of aromatic nitrogens is 1. The van der Waals surface area contributed by atoms with E-state index in [1.165, 1.54) is 16.7 Å². The van der Waals surface area contributed by atoms with E-state index in [-0.39, 0.29) is 23.6 Å². The van der Waals surface area contributed by atoms with Gasteiger partial charge in [0.25, 0.3) is 5.56 Å². The fourth-order valence-corrected chi connectivity index (χ4v) is 2.77. The third kappa shape index (κ3) is 5.04. The molecule has 0 saturated carbocycles. The maximum absolute atomic E-state index is 13.4. The van der Waals surface area contributed by atoms with E-state index < -0.39 is 6.03 Å². The van der Waals surface area contributed by atoms with Crippen molar-refractivity contribution >= 4 is 11.7 Å². The second-order valence-corrected chi connectivity index (χ2v) is 6.29. The van der Waals surface area contributed by atoms with Gasteiger partial charge < -0.3 is 15.2 Å². The minimum Gasteiger partial charge on any atom is -0.334 e. The van der Waals surface area contributed by atoms with Crippen molar-refractivity contribution in [2.24, 2.45) is 0 Å². The lowest BCUT2D eigenvalue weighted by atomic mass is 10.2. The van der Waals surface area contributed by atoms with Crippen molar-refractivity contribution < 1.29 is 9.18 Å². The Morgan fingerprint density at radius 2 is 1.78 bits per heavy atom. The van der Waals surface area contributed by atoms with E-state index in [0.29, 0.717) is 12.1 Å². The molecular weight excluding hydrogens is 345 g/mol. The SMILES string of the molecule is Cc1cc(NC(=O)NCc2ccccc2)c(=O)n(Cc2cccc(F)c2)c1. The van der Waals surface area contributed by atoms with Gasteiger partial charge >= 0.3 is 6.03 Å². The maximum Gasteiger partial charge on any atom is 0.319 e. The molecule has 0 aliphatic rings. The van der Waals surface area contributed by atoms with Crippen LogP contribution in [0.4, 0.5) is 14.9 Å². The van der Waals surface area contributed by atoms with Gasteiger partial charge in [-0.05, 0) is 41.8 Å². The highest BCUT2D eigenvalue weighted by Crippen LogP contribution is 2.09. The van der Waals surface area contributed by atoms with Gasteiger partial charge in [-0.15, -0.1) is 0 Å². The van der Waals surface area contributed by atoms with Crippen LogP contribution in [-0.4, -0.2) is 10.6 Å². The molecule has 1 heterocycles. The molecule has 0 spiro atoms. The van der Waals surface area contributed by atoms with E-state index in [0.717, 1.165) is 11.1 Å². The first-order chi connectivity index (χ1) is 13.0. The lowest BCUT2D eigenvalue weighted by molar-refractivity contribution is 0.251. The number of amides is 2. The molecule has 2 N–H and O–H groups in total. The fourth-order valence-electron chi connectivity index (χ4n) is 2.77. The Morgan fingerprint density at radius 3 is 2.52 bits per heavy atom. The van der Waals surface area contributed by atoms with E-state index in [1.54, 1.807) is 24.4 Å². The Balaban J connectivity index is 1.73. The van der Waals surface area contributed by atoms with Crippen LogP contribution in [0.1, 0.15) is 16.7 Å². The maximum atomic E-state index is 13.4. The largest absolute Gasteiger partial charge is 0.334 e. The van der Waals surface area contributed by atoms with Gasteiger partial charge in [-0.3, -0.25) is 4.79 Å². The van der Waals surface area contributed by atoms with Gasteiger partial charge in [-0.1, -0.05) is 42.5 Å². The normalized spacial score (nSPS) is 10.4. The molecule has 6 heteroatoms. The first-order valence-electron chi connectivity index (χ1n) is 8.55. The van der Waals surface area contributed by atoms with Crippen LogP contribution in [0.15, 0.2) is 71.7 Å². The standard InChI is InChI=1S/C21H20FN3O2/c1-15-10-19(24-21(27)23-12-16-6-3-2-4-7-16)20(26)25(13-15)14-17-8-5-9-18(22)11-17/h2-11,13H,12,14H2,1H3,(H2,23,24,27). The quantitative estimate of drug-likeness (QED) is 0.725. The van der Waals surface area contributed by atoms with E-state index in [4.69, 9.17) is 0 Å². The highest BCUT2D eigenvalue weighted by molar-refractivity contribution is 5.89. The lowest BCUT2D eigenvalue weighted by Crippen LogP contribution is -2.32. The molecule has 0 bridgehead atoms. The van der Waals surface area contributed by atoms with Gasteiger partial charge in [-0.25, -0.2) is 9.18 Å². The summed E-state index contributed by atoms with van der Waals surface area (Å²) in [6.45, 7) is 2.41. The van der Waals surface area contributed by atoms with Crippen LogP contribution in [0.5, 0.6) is 0 Å². The molecule has 2 aromatic carbocycles. The average molecular weight is 365 g/mol. The molecule has 0 aliphatic heterocycles. The summed E-state index contributed by atoms with van der Waals surface area (Å²) in [6, 6.07) is 16.7. The van der Waals surface area contributed by atoms with Gasteiger partial charge in [-0.2, -0.15) is 0 Å². The summed E-state index contributed by atoms with van der Waals surface area (Å²) in [5, 5.41) is 5.32. The fraction of sp³-hybridized carbons (Fsp3) is 0.143. The zero-order valence-corrected chi connectivity index (χ0v) is 14.9. The van der Waals surface area contributed by atoms with Crippen molar-refractivity contribution in [2.75, 3.05) is 5.32 Å². The van der Waals surface area contributed by atoms with Crippen molar-refractivity contribution in [3.8, 4) is 0 Å². The van der Waals surface area contributed by atoms with Crippen LogP contribution >= 0.6 is 0 Å². The second-order valence-electron chi connectivity index (χ2n) is 6.29. The number of carbonyl (C=O) groups excluding carboxylic acids is 1. The van der Waals surface area contributed by atoms with E-state index >= 15 is 0 Å². The number of pyridine rings is 1. The van der Waals surface area contributed by atoms with Crippen molar-refractivity contribution in [3.05, 3.63) is 99.7 Å². The summed E-state index contributed by atoms with van der Waals surface area (Å²) in [6.07, 6.45) is 1.68. The van der Waals surface area contributed by atoms with Crippen LogP contribution in [0.2, 0.25) is 0 Å². The smallest absolute Gasteiger partial charge is 0.319 e. The number of rotatable bonds is 5. The Morgan fingerprint density at radius 1 is 1.04 bits per heavy atom. The molecule has 138 valence electrons. The molecule has 3 rings (SSSR count). The first kappa shape index (κ1) is 18.4. The Hall–Kier alpha value is -3.41. The third-order valence-electron chi connectivity index (χ3n) is 4.01. The number of nitrogens with zero attached hydrogens (tertiary/aromatic N) is 1. The molecule has 0 aliphatic carbocycles. The monoisotopic (exact) mass is 365 g/mol. The first-order valence-corrected chi connectivity index (χ1v) is 8.55. The number of hydrogen-bond acceptors (Lipinski definition) is 2. The van der Waals surface area contributed by atoms with Crippen molar-refractivity contribution in [2.45, 2.75) is 20.0 Å². The molecular formula is C21H20FN3O2.